The van der Waals surface area contributed by atoms with Gasteiger partial charge in [-0.3, -0.25) is 0 Å². The standard InChI is InChI=1S/C13H16ClFN2/c1-13(2,3)8-17-10-6-4-5-9(15)12(10)16-11(17)7-14/h4-6H,7-8H2,1-3H3. The molecule has 0 saturated carbocycles. The summed E-state index contributed by atoms with van der Waals surface area (Å²) in [5, 5.41) is 0. The van der Waals surface area contributed by atoms with E-state index in [1.807, 2.05) is 10.6 Å². The van der Waals surface area contributed by atoms with E-state index in [1.165, 1.54) is 6.07 Å². The van der Waals surface area contributed by atoms with Gasteiger partial charge in [-0.25, -0.2) is 9.37 Å². The highest BCUT2D eigenvalue weighted by molar-refractivity contribution is 6.16. The maximum Gasteiger partial charge on any atom is 0.151 e. The predicted octanol–water partition coefficient (Wildman–Crippen LogP) is 3.96. The molecule has 2 aromatic rings. The van der Waals surface area contributed by atoms with Gasteiger partial charge in [0.05, 0.1) is 11.4 Å². The van der Waals surface area contributed by atoms with E-state index in [0.29, 0.717) is 11.4 Å². The van der Waals surface area contributed by atoms with Gasteiger partial charge in [-0.15, -0.1) is 11.6 Å². The van der Waals surface area contributed by atoms with E-state index in [4.69, 9.17) is 11.6 Å². The summed E-state index contributed by atoms with van der Waals surface area (Å²) in [6.45, 7) is 7.18. The molecule has 0 unspecified atom stereocenters. The number of halogens is 2. The molecule has 1 aromatic heterocycles. The van der Waals surface area contributed by atoms with Gasteiger partial charge in [0, 0.05) is 6.54 Å². The van der Waals surface area contributed by atoms with E-state index >= 15 is 0 Å². The zero-order valence-corrected chi connectivity index (χ0v) is 11.1. The van der Waals surface area contributed by atoms with Gasteiger partial charge in [0.25, 0.3) is 0 Å². The lowest BCUT2D eigenvalue weighted by atomic mass is 9.97. The number of benzene rings is 1. The Kier molecular flexibility index (Phi) is 3.13. The molecule has 0 fully saturated rings. The van der Waals surface area contributed by atoms with Crippen LogP contribution in [0.5, 0.6) is 0 Å². The number of aromatic nitrogens is 2. The second kappa shape index (κ2) is 4.30. The monoisotopic (exact) mass is 254 g/mol. The van der Waals surface area contributed by atoms with E-state index in [9.17, 15) is 4.39 Å². The summed E-state index contributed by atoms with van der Waals surface area (Å²) in [5.41, 5.74) is 1.32. The van der Waals surface area contributed by atoms with Crippen LogP contribution in [0.1, 0.15) is 26.6 Å². The fourth-order valence-electron chi connectivity index (χ4n) is 1.91. The highest BCUT2D eigenvalue weighted by Gasteiger charge is 2.18. The van der Waals surface area contributed by atoms with Crippen LogP contribution in [-0.4, -0.2) is 9.55 Å². The van der Waals surface area contributed by atoms with Crippen molar-refractivity contribution in [2.75, 3.05) is 0 Å². The number of hydrogen-bond donors (Lipinski definition) is 0. The first-order valence-electron chi connectivity index (χ1n) is 5.62. The molecule has 0 radical (unpaired) electrons. The van der Waals surface area contributed by atoms with Gasteiger partial charge in [-0.1, -0.05) is 26.8 Å². The van der Waals surface area contributed by atoms with E-state index in [1.54, 1.807) is 6.07 Å². The molecule has 17 heavy (non-hydrogen) atoms. The van der Waals surface area contributed by atoms with Crippen LogP contribution in [0.15, 0.2) is 18.2 Å². The van der Waals surface area contributed by atoms with Crippen molar-refractivity contribution in [3.8, 4) is 0 Å². The highest BCUT2D eigenvalue weighted by Crippen LogP contribution is 2.25. The highest BCUT2D eigenvalue weighted by atomic mass is 35.5. The second-order valence-electron chi connectivity index (χ2n) is 5.42. The van der Waals surface area contributed by atoms with E-state index in [2.05, 4.69) is 25.8 Å². The molecule has 1 heterocycles. The van der Waals surface area contributed by atoms with Crippen LogP contribution >= 0.6 is 11.6 Å². The molecule has 0 atom stereocenters. The third-order valence-electron chi connectivity index (χ3n) is 2.56. The lowest BCUT2D eigenvalue weighted by Gasteiger charge is -2.20. The van der Waals surface area contributed by atoms with Gasteiger partial charge in [0.2, 0.25) is 0 Å². The average molecular weight is 255 g/mol. The number of fused-ring (bicyclic) bond motifs is 1. The molecule has 2 rings (SSSR count). The molecule has 2 nitrogen and oxygen atoms in total. The van der Waals surface area contributed by atoms with Gasteiger partial charge < -0.3 is 4.57 Å². The lowest BCUT2D eigenvalue weighted by Crippen LogP contribution is -2.17. The molecular weight excluding hydrogens is 239 g/mol. The van der Waals surface area contributed by atoms with Crippen LogP contribution in [0, 0.1) is 11.2 Å². The van der Waals surface area contributed by atoms with Gasteiger partial charge in [0.1, 0.15) is 11.3 Å². The SMILES string of the molecule is CC(C)(C)Cn1c(CCl)nc2c(F)cccc21. The Morgan fingerprint density at radius 2 is 2.06 bits per heavy atom. The molecule has 0 N–H and O–H groups in total. The van der Waals surface area contributed by atoms with Crippen molar-refractivity contribution in [2.24, 2.45) is 5.41 Å². The average Bonchev–Trinajstić information content (AvgIpc) is 2.56. The Morgan fingerprint density at radius 3 is 2.65 bits per heavy atom. The van der Waals surface area contributed by atoms with Crippen molar-refractivity contribution < 1.29 is 4.39 Å². The van der Waals surface area contributed by atoms with Crippen LogP contribution in [-0.2, 0) is 12.4 Å². The molecule has 0 aliphatic rings. The number of imidazole rings is 1. The Labute approximate surface area is 105 Å². The Hall–Kier alpha value is -1.09. The fourth-order valence-corrected chi connectivity index (χ4v) is 2.12. The fraction of sp³-hybridized carbons (Fsp3) is 0.462. The van der Waals surface area contributed by atoms with Crippen LogP contribution in [0.25, 0.3) is 11.0 Å². The third-order valence-corrected chi connectivity index (χ3v) is 2.80. The molecule has 0 amide bonds. The number of nitrogens with zero attached hydrogens (tertiary/aromatic N) is 2. The topological polar surface area (TPSA) is 17.8 Å². The molecule has 0 saturated heterocycles. The normalized spacial score (nSPS) is 12.3. The summed E-state index contributed by atoms with van der Waals surface area (Å²) < 4.78 is 15.6. The summed E-state index contributed by atoms with van der Waals surface area (Å²) in [6.07, 6.45) is 0. The first-order valence-corrected chi connectivity index (χ1v) is 6.15. The second-order valence-corrected chi connectivity index (χ2v) is 5.68. The molecule has 0 bridgehead atoms. The zero-order chi connectivity index (χ0) is 12.6. The summed E-state index contributed by atoms with van der Waals surface area (Å²) >= 11 is 5.88. The van der Waals surface area contributed by atoms with E-state index in [-0.39, 0.29) is 11.2 Å². The van der Waals surface area contributed by atoms with Crippen molar-refractivity contribution in [3.63, 3.8) is 0 Å². The predicted molar refractivity (Wildman–Crippen MR) is 68.7 cm³/mol. The van der Waals surface area contributed by atoms with Crippen LogP contribution in [0.2, 0.25) is 0 Å². The minimum atomic E-state index is -0.290. The van der Waals surface area contributed by atoms with Gasteiger partial charge in [-0.05, 0) is 17.5 Å². The Morgan fingerprint density at radius 1 is 1.35 bits per heavy atom. The van der Waals surface area contributed by atoms with Crippen LogP contribution < -0.4 is 0 Å². The van der Waals surface area contributed by atoms with Crippen molar-refractivity contribution in [1.82, 2.24) is 9.55 Å². The third kappa shape index (κ3) is 2.44. The summed E-state index contributed by atoms with van der Waals surface area (Å²) in [7, 11) is 0. The molecule has 92 valence electrons. The minimum Gasteiger partial charge on any atom is -0.326 e. The first-order chi connectivity index (χ1) is 7.92. The minimum absolute atomic E-state index is 0.0980. The smallest absolute Gasteiger partial charge is 0.151 e. The Balaban J connectivity index is 2.63. The van der Waals surface area contributed by atoms with E-state index in [0.717, 1.165) is 17.9 Å². The zero-order valence-electron chi connectivity index (χ0n) is 10.3. The molecular formula is C13H16ClFN2. The van der Waals surface area contributed by atoms with Gasteiger partial charge in [-0.2, -0.15) is 0 Å². The van der Waals surface area contributed by atoms with Crippen molar-refractivity contribution in [3.05, 3.63) is 29.8 Å². The lowest BCUT2D eigenvalue weighted by molar-refractivity contribution is 0.344. The maximum atomic E-state index is 13.6. The Bertz CT molecular complexity index is 540. The number of para-hydroxylation sites is 1. The van der Waals surface area contributed by atoms with Gasteiger partial charge in [0.15, 0.2) is 5.82 Å². The summed E-state index contributed by atoms with van der Waals surface area (Å²) in [5.74, 6) is 0.729. The largest absolute Gasteiger partial charge is 0.326 e. The van der Waals surface area contributed by atoms with Crippen LogP contribution in [0.3, 0.4) is 0 Å². The number of rotatable bonds is 2. The number of alkyl halides is 1. The van der Waals surface area contributed by atoms with Crippen molar-refractivity contribution in [1.29, 1.82) is 0 Å². The molecule has 0 spiro atoms. The van der Waals surface area contributed by atoms with E-state index < -0.39 is 0 Å². The summed E-state index contributed by atoms with van der Waals surface area (Å²) in [6, 6.07) is 5.01. The van der Waals surface area contributed by atoms with Crippen LogP contribution in [0.4, 0.5) is 4.39 Å². The first kappa shape index (κ1) is 12.4. The maximum absolute atomic E-state index is 13.6. The van der Waals surface area contributed by atoms with Gasteiger partial charge >= 0.3 is 0 Å². The molecule has 0 aliphatic heterocycles. The molecule has 0 aliphatic carbocycles. The van der Waals surface area contributed by atoms with Crippen molar-refractivity contribution >= 4 is 22.6 Å². The molecule has 4 heteroatoms. The summed E-state index contributed by atoms with van der Waals surface area (Å²) in [4.78, 5) is 4.27. The molecule has 1 aromatic carbocycles. The van der Waals surface area contributed by atoms with Crippen molar-refractivity contribution in [2.45, 2.75) is 33.2 Å². The quantitative estimate of drug-likeness (QED) is 0.742. The number of hydrogen-bond acceptors (Lipinski definition) is 1.